The van der Waals surface area contributed by atoms with Crippen LogP contribution in [0.5, 0.6) is 0 Å². The van der Waals surface area contributed by atoms with Gasteiger partial charge in [0.25, 0.3) is 0 Å². The number of amides is 3. The summed E-state index contributed by atoms with van der Waals surface area (Å²) in [4.78, 5) is 50.0. The number of thiol groups is 1. The standard InChI is InChI=1S/C23H37N5O5S2/c1-35-12-10-16(25)20(29)27-18(13-15-7-3-2-4-8-15)22(31)26-17(9-5-6-11-24)21(30)28-19(14-34)23(32)33/h2-4,7-8,16-19,34H,5-6,9-14,24-25H2,1H3,(H,26,31)(H,27,29)(H,28,30)(H,32,33). The minimum atomic E-state index is -1.23. The molecular formula is C23H37N5O5S2. The molecule has 0 aromatic heterocycles. The summed E-state index contributed by atoms with van der Waals surface area (Å²) in [5.41, 5.74) is 12.3. The third-order valence-electron chi connectivity index (χ3n) is 5.26. The predicted octanol–water partition coefficient (Wildman–Crippen LogP) is -0.0927. The first kappa shape index (κ1) is 30.8. The fourth-order valence-electron chi connectivity index (χ4n) is 3.21. The minimum absolute atomic E-state index is 0.106. The SMILES string of the molecule is CSCCC(N)C(=O)NC(Cc1ccccc1)C(=O)NC(CCCCN)C(=O)NC(CS)C(=O)O. The number of carboxylic acid groups (broad SMARTS) is 1. The molecule has 1 aromatic rings. The maximum absolute atomic E-state index is 13.2. The van der Waals surface area contributed by atoms with Gasteiger partial charge >= 0.3 is 5.97 Å². The zero-order chi connectivity index (χ0) is 26.2. The van der Waals surface area contributed by atoms with Gasteiger partial charge in [-0.25, -0.2) is 4.79 Å². The molecule has 0 saturated heterocycles. The number of hydrogen-bond donors (Lipinski definition) is 7. The molecule has 1 rings (SSSR count). The Morgan fingerprint density at radius 3 is 2.11 bits per heavy atom. The van der Waals surface area contributed by atoms with Crippen LogP contribution in [0.2, 0.25) is 0 Å². The van der Waals surface area contributed by atoms with E-state index >= 15 is 0 Å². The van der Waals surface area contributed by atoms with Gasteiger partial charge < -0.3 is 32.5 Å². The van der Waals surface area contributed by atoms with Crippen molar-refractivity contribution in [1.82, 2.24) is 16.0 Å². The van der Waals surface area contributed by atoms with Crippen molar-refractivity contribution >= 4 is 48.1 Å². The van der Waals surface area contributed by atoms with Crippen LogP contribution < -0.4 is 27.4 Å². The number of nitrogens with two attached hydrogens (primary N) is 2. The largest absolute Gasteiger partial charge is 0.480 e. The number of nitrogens with one attached hydrogen (secondary N) is 3. The lowest BCUT2D eigenvalue weighted by molar-refractivity contribution is -0.141. The number of unbranched alkanes of at least 4 members (excludes halogenated alkanes) is 1. The van der Waals surface area contributed by atoms with Crippen molar-refractivity contribution < 1.29 is 24.3 Å². The van der Waals surface area contributed by atoms with E-state index in [1.54, 1.807) is 11.8 Å². The Morgan fingerprint density at radius 2 is 1.54 bits per heavy atom. The van der Waals surface area contributed by atoms with Crippen LogP contribution in [-0.2, 0) is 25.6 Å². The van der Waals surface area contributed by atoms with E-state index in [-0.39, 0.29) is 18.6 Å². The molecule has 0 aliphatic carbocycles. The van der Waals surface area contributed by atoms with Crippen LogP contribution in [0.3, 0.4) is 0 Å². The fraction of sp³-hybridized carbons (Fsp3) is 0.565. The number of benzene rings is 1. The van der Waals surface area contributed by atoms with E-state index in [0.29, 0.717) is 31.6 Å². The van der Waals surface area contributed by atoms with Crippen LogP contribution in [0.4, 0.5) is 0 Å². The second-order valence-electron chi connectivity index (χ2n) is 8.07. The Balaban J connectivity index is 3.04. The number of thioether (sulfide) groups is 1. The van der Waals surface area contributed by atoms with E-state index < -0.39 is 47.9 Å². The molecule has 1 aromatic carbocycles. The maximum Gasteiger partial charge on any atom is 0.327 e. The van der Waals surface area contributed by atoms with Crippen molar-refractivity contribution in [3.63, 3.8) is 0 Å². The molecule has 0 aliphatic heterocycles. The summed E-state index contributed by atoms with van der Waals surface area (Å²) in [5.74, 6) is -2.30. The molecule has 3 amide bonds. The topological polar surface area (TPSA) is 177 Å². The predicted molar refractivity (Wildman–Crippen MR) is 141 cm³/mol. The third-order valence-corrected chi connectivity index (χ3v) is 6.27. The van der Waals surface area contributed by atoms with Crippen molar-refractivity contribution in [2.24, 2.45) is 11.5 Å². The molecule has 4 unspecified atom stereocenters. The molecule has 0 heterocycles. The molecule has 0 saturated carbocycles. The molecule has 0 aliphatic rings. The van der Waals surface area contributed by atoms with E-state index in [1.165, 1.54) is 0 Å². The van der Waals surface area contributed by atoms with Crippen LogP contribution >= 0.6 is 24.4 Å². The monoisotopic (exact) mass is 527 g/mol. The lowest BCUT2D eigenvalue weighted by Gasteiger charge is -2.25. The number of rotatable bonds is 17. The second-order valence-corrected chi connectivity index (χ2v) is 9.42. The molecule has 0 fully saturated rings. The van der Waals surface area contributed by atoms with E-state index in [2.05, 4.69) is 28.6 Å². The molecule has 12 heteroatoms. The molecular weight excluding hydrogens is 490 g/mol. The summed E-state index contributed by atoms with van der Waals surface area (Å²) in [6.45, 7) is 0.414. The smallest absolute Gasteiger partial charge is 0.327 e. The minimum Gasteiger partial charge on any atom is -0.480 e. The van der Waals surface area contributed by atoms with Gasteiger partial charge in [-0.05, 0) is 49.8 Å². The number of carboxylic acids is 1. The third kappa shape index (κ3) is 11.8. The first-order valence-corrected chi connectivity index (χ1v) is 13.5. The second kappa shape index (κ2) is 17.2. The Bertz CT molecular complexity index is 815. The lowest BCUT2D eigenvalue weighted by Crippen LogP contribution is -2.57. The van der Waals surface area contributed by atoms with E-state index in [1.807, 2.05) is 36.6 Å². The normalized spacial score (nSPS) is 14.3. The molecule has 0 radical (unpaired) electrons. The number of carbonyl (C=O) groups is 4. The molecule has 4 atom stereocenters. The van der Waals surface area contributed by atoms with Crippen molar-refractivity contribution in [2.45, 2.75) is 56.3 Å². The Labute approximate surface area is 216 Å². The van der Waals surface area contributed by atoms with Gasteiger partial charge in [-0.15, -0.1) is 0 Å². The zero-order valence-electron chi connectivity index (χ0n) is 19.9. The van der Waals surface area contributed by atoms with Gasteiger partial charge in [0.05, 0.1) is 6.04 Å². The van der Waals surface area contributed by atoms with Gasteiger partial charge in [0.1, 0.15) is 18.1 Å². The summed E-state index contributed by atoms with van der Waals surface area (Å²) in [7, 11) is 0. The quantitative estimate of drug-likeness (QED) is 0.109. The highest BCUT2D eigenvalue weighted by Gasteiger charge is 2.30. The van der Waals surface area contributed by atoms with Gasteiger partial charge in [0, 0.05) is 12.2 Å². The zero-order valence-corrected chi connectivity index (χ0v) is 21.7. The van der Waals surface area contributed by atoms with Crippen LogP contribution in [0, 0.1) is 0 Å². The number of hydrogen-bond acceptors (Lipinski definition) is 8. The molecule has 0 bridgehead atoms. The molecule has 8 N–H and O–H groups in total. The van der Waals surface area contributed by atoms with Crippen LogP contribution in [0.15, 0.2) is 30.3 Å². The van der Waals surface area contributed by atoms with Crippen LogP contribution in [0.25, 0.3) is 0 Å². The summed E-state index contributed by atoms with van der Waals surface area (Å²) in [6, 6.07) is 5.19. The Morgan fingerprint density at radius 1 is 0.943 bits per heavy atom. The summed E-state index contributed by atoms with van der Waals surface area (Å²) in [6.07, 6.45) is 3.99. The van der Waals surface area contributed by atoms with Crippen LogP contribution in [-0.4, -0.2) is 77.3 Å². The average Bonchev–Trinajstić information content (AvgIpc) is 2.84. The van der Waals surface area contributed by atoms with Gasteiger partial charge in [0.2, 0.25) is 17.7 Å². The maximum atomic E-state index is 13.2. The van der Waals surface area contributed by atoms with Crippen molar-refractivity contribution in [3.05, 3.63) is 35.9 Å². The van der Waals surface area contributed by atoms with Gasteiger partial charge in [-0.2, -0.15) is 24.4 Å². The lowest BCUT2D eigenvalue weighted by atomic mass is 10.0. The summed E-state index contributed by atoms with van der Waals surface area (Å²) >= 11 is 5.53. The fourth-order valence-corrected chi connectivity index (χ4v) is 3.94. The van der Waals surface area contributed by atoms with E-state index in [0.717, 1.165) is 5.56 Å². The first-order chi connectivity index (χ1) is 16.7. The van der Waals surface area contributed by atoms with Gasteiger partial charge in [0.15, 0.2) is 0 Å². The average molecular weight is 528 g/mol. The van der Waals surface area contributed by atoms with Crippen LogP contribution in [0.1, 0.15) is 31.2 Å². The van der Waals surface area contributed by atoms with Crippen molar-refractivity contribution in [1.29, 1.82) is 0 Å². The number of carbonyl (C=O) groups excluding carboxylic acids is 3. The molecule has 196 valence electrons. The molecule has 0 spiro atoms. The van der Waals surface area contributed by atoms with Gasteiger partial charge in [-0.1, -0.05) is 30.3 Å². The highest BCUT2D eigenvalue weighted by Crippen LogP contribution is 2.08. The highest BCUT2D eigenvalue weighted by molar-refractivity contribution is 7.98. The first-order valence-electron chi connectivity index (χ1n) is 11.5. The molecule has 10 nitrogen and oxygen atoms in total. The Hall–Kier alpha value is -2.28. The summed E-state index contributed by atoms with van der Waals surface area (Å²) in [5, 5.41) is 17.0. The molecule has 35 heavy (non-hydrogen) atoms. The van der Waals surface area contributed by atoms with Gasteiger partial charge in [-0.3, -0.25) is 14.4 Å². The number of aliphatic carboxylic acids is 1. The van der Waals surface area contributed by atoms with Crippen molar-refractivity contribution in [2.75, 3.05) is 24.3 Å². The van der Waals surface area contributed by atoms with E-state index in [9.17, 15) is 24.3 Å². The summed E-state index contributed by atoms with van der Waals surface area (Å²) < 4.78 is 0. The van der Waals surface area contributed by atoms with Crippen molar-refractivity contribution in [3.8, 4) is 0 Å². The van der Waals surface area contributed by atoms with E-state index in [4.69, 9.17) is 11.5 Å². The Kier molecular flexibility index (Phi) is 15.1. The highest BCUT2D eigenvalue weighted by atomic mass is 32.2.